The summed E-state index contributed by atoms with van der Waals surface area (Å²) in [4.78, 5) is 0. The van der Waals surface area contributed by atoms with Crippen molar-refractivity contribution in [2.24, 2.45) is 5.92 Å². The Kier molecular flexibility index (Phi) is 4.96. The van der Waals surface area contributed by atoms with Crippen molar-refractivity contribution >= 4 is 22.6 Å². The second kappa shape index (κ2) is 6.66. The smallest absolute Gasteiger partial charge is 0.127 e. The van der Waals surface area contributed by atoms with E-state index in [0.29, 0.717) is 17.6 Å². The van der Waals surface area contributed by atoms with Crippen LogP contribution in [0.5, 0.6) is 11.5 Å². The Labute approximate surface area is 153 Å². The van der Waals surface area contributed by atoms with Gasteiger partial charge in [-0.05, 0) is 83.4 Å². The van der Waals surface area contributed by atoms with Crippen LogP contribution in [-0.2, 0) is 6.42 Å². The zero-order valence-electron chi connectivity index (χ0n) is 14.4. The van der Waals surface area contributed by atoms with Crippen molar-refractivity contribution in [2.45, 2.75) is 70.8 Å². The van der Waals surface area contributed by atoms with E-state index in [9.17, 15) is 5.11 Å². The molecule has 3 heteroatoms. The van der Waals surface area contributed by atoms with E-state index in [4.69, 9.17) is 4.74 Å². The number of aromatic hydroxyl groups is 1. The summed E-state index contributed by atoms with van der Waals surface area (Å²) in [7, 11) is 0. The van der Waals surface area contributed by atoms with Gasteiger partial charge >= 0.3 is 0 Å². The molecular formula is C20H27IO2. The lowest BCUT2D eigenvalue weighted by molar-refractivity contribution is 0.00828. The van der Waals surface area contributed by atoms with Gasteiger partial charge in [0.1, 0.15) is 17.1 Å². The molecule has 23 heavy (non-hydrogen) atoms. The molecule has 1 N–H and O–H groups in total. The number of halogens is 1. The van der Waals surface area contributed by atoms with Gasteiger partial charge in [0.2, 0.25) is 0 Å². The van der Waals surface area contributed by atoms with Crippen molar-refractivity contribution in [1.82, 2.24) is 0 Å². The number of benzene rings is 1. The molecule has 0 aromatic heterocycles. The SMILES string of the molecule is CCCCCc1cc(O)c2c(c1)OC(C)(C)[C@@H]1CC=C(I)C[C@@H]21. The van der Waals surface area contributed by atoms with Gasteiger partial charge in [-0.15, -0.1) is 0 Å². The van der Waals surface area contributed by atoms with E-state index < -0.39 is 0 Å². The molecule has 0 saturated heterocycles. The van der Waals surface area contributed by atoms with Crippen LogP contribution in [0.25, 0.3) is 0 Å². The molecule has 0 bridgehead atoms. The molecule has 2 aliphatic rings. The molecule has 0 saturated carbocycles. The van der Waals surface area contributed by atoms with E-state index in [1.165, 1.54) is 28.4 Å². The van der Waals surface area contributed by atoms with Crippen LogP contribution in [-0.4, -0.2) is 10.7 Å². The summed E-state index contributed by atoms with van der Waals surface area (Å²) >= 11 is 2.44. The number of phenolic OH excluding ortho intramolecular Hbond substituents is 1. The molecule has 1 aromatic rings. The molecule has 0 radical (unpaired) electrons. The van der Waals surface area contributed by atoms with Crippen molar-refractivity contribution in [2.75, 3.05) is 0 Å². The quantitative estimate of drug-likeness (QED) is 0.465. The largest absolute Gasteiger partial charge is 0.508 e. The first-order valence-corrected chi connectivity index (χ1v) is 9.89. The Hall–Kier alpha value is -0.710. The number of phenols is 1. The highest BCUT2D eigenvalue weighted by molar-refractivity contribution is 14.1. The predicted molar refractivity (Wildman–Crippen MR) is 104 cm³/mol. The van der Waals surface area contributed by atoms with Crippen LogP contribution in [0.4, 0.5) is 0 Å². The Bertz CT molecular complexity index is 618. The number of unbranched alkanes of at least 4 members (excludes halogenated alkanes) is 2. The highest BCUT2D eigenvalue weighted by Gasteiger charge is 2.45. The summed E-state index contributed by atoms with van der Waals surface area (Å²) in [5.74, 6) is 2.15. The number of rotatable bonds is 4. The van der Waals surface area contributed by atoms with Gasteiger partial charge in [0.25, 0.3) is 0 Å². The normalized spacial score (nSPS) is 25.1. The number of fused-ring (bicyclic) bond motifs is 3. The summed E-state index contributed by atoms with van der Waals surface area (Å²) in [5.41, 5.74) is 2.06. The third-order valence-corrected chi connectivity index (χ3v) is 6.26. The van der Waals surface area contributed by atoms with E-state index in [0.717, 1.165) is 30.6 Å². The average molecular weight is 426 g/mol. The Morgan fingerprint density at radius 1 is 1.30 bits per heavy atom. The van der Waals surface area contributed by atoms with Gasteiger partial charge in [-0.25, -0.2) is 0 Å². The standard InChI is InChI=1S/C20H27IO2/c1-4-5-6-7-13-10-17(22)19-15-12-14(21)8-9-16(15)20(2,3)23-18(19)11-13/h8,10-11,15-16,22H,4-7,9,12H2,1-3H3/t15-,16-/m1/s1. The zero-order valence-corrected chi connectivity index (χ0v) is 16.5. The lowest BCUT2D eigenvalue weighted by atomic mass is 9.68. The van der Waals surface area contributed by atoms with Crippen molar-refractivity contribution in [1.29, 1.82) is 0 Å². The first kappa shape index (κ1) is 17.1. The molecule has 0 spiro atoms. The maximum atomic E-state index is 10.7. The monoisotopic (exact) mass is 426 g/mol. The third kappa shape index (κ3) is 3.40. The van der Waals surface area contributed by atoms with E-state index in [-0.39, 0.29) is 5.60 Å². The fourth-order valence-corrected chi connectivity index (χ4v) is 4.86. The first-order valence-electron chi connectivity index (χ1n) is 8.81. The van der Waals surface area contributed by atoms with Gasteiger partial charge in [0.15, 0.2) is 0 Å². The summed E-state index contributed by atoms with van der Waals surface area (Å²) in [6.07, 6.45) is 9.02. The van der Waals surface area contributed by atoms with E-state index in [1.54, 1.807) is 0 Å². The van der Waals surface area contributed by atoms with Gasteiger partial charge in [0, 0.05) is 17.4 Å². The number of hydrogen-bond acceptors (Lipinski definition) is 2. The molecule has 2 atom stereocenters. The summed E-state index contributed by atoms with van der Waals surface area (Å²) < 4.78 is 7.76. The molecule has 3 rings (SSSR count). The molecule has 1 heterocycles. The van der Waals surface area contributed by atoms with Crippen LogP contribution in [0, 0.1) is 5.92 Å². The lowest BCUT2D eigenvalue weighted by Gasteiger charge is -2.46. The predicted octanol–water partition coefficient (Wildman–Crippen LogP) is 6.11. The topological polar surface area (TPSA) is 29.5 Å². The van der Waals surface area contributed by atoms with Crippen LogP contribution >= 0.6 is 22.6 Å². The molecule has 126 valence electrons. The van der Waals surface area contributed by atoms with Crippen LogP contribution in [0.15, 0.2) is 21.8 Å². The maximum Gasteiger partial charge on any atom is 0.127 e. The van der Waals surface area contributed by atoms with E-state index in [1.807, 2.05) is 6.07 Å². The summed E-state index contributed by atoms with van der Waals surface area (Å²) in [5, 5.41) is 10.7. The highest BCUT2D eigenvalue weighted by atomic mass is 127. The van der Waals surface area contributed by atoms with Gasteiger partial charge in [-0.3, -0.25) is 0 Å². The second-order valence-corrected chi connectivity index (χ2v) is 8.88. The molecule has 2 nitrogen and oxygen atoms in total. The minimum absolute atomic E-state index is 0.181. The second-order valence-electron chi connectivity index (χ2n) is 7.49. The van der Waals surface area contributed by atoms with Gasteiger partial charge in [-0.2, -0.15) is 0 Å². The molecule has 0 fully saturated rings. The number of allylic oxidation sites excluding steroid dienone is 2. The van der Waals surface area contributed by atoms with Crippen molar-refractivity contribution in [3.63, 3.8) is 0 Å². The van der Waals surface area contributed by atoms with E-state index in [2.05, 4.69) is 55.5 Å². The molecule has 0 amide bonds. The molecular weight excluding hydrogens is 399 g/mol. The fourth-order valence-electron chi connectivity index (χ4n) is 4.13. The average Bonchev–Trinajstić information content (AvgIpc) is 2.46. The van der Waals surface area contributed by atoms with E-state index >= 15 is 0 Å². The molecule has 1 aromatic carbocycles. The molecule has 1 aliphatic carbocycles. The zero-order chi connectivity index (χ0) is 16.6. The van der Waals surface area contributed by atoms with Crippen LogP contribution in [0.1, 0.15) is 69.9 Å². The summed E-state index contributed by atoms with van der Waals surface area (Å²) in [6.45, 7) is 6.61. The minimum atomic E-state index is -0.181. The molecule has 1 aliphatic heterocycles. The van der Waals surface area contributed by atoms with Crippen LogP contribution < -0.4 is 4.74 Å². The molecule has 0 unspecified atom stereocenters. The van der Waals surface area contributed by atoms with Crippen molar-refractivity contribution < 1.29 is 9.84 Å². The van der Waals surface area contributed by atoms with Gasteiger partial charge < -0.3 is 9.84 Å². The van der Waals surface area contributed by atoms with Gasteiger partial charge in [0.05, 0.1) is 0 Å². The number of ether oxygens (including phenoxy) is 1. The Morgan fingerprint density at radius 3 is 2.83 bits per heavy atom. The Balaban J connectivity index is 1.96. The maximum absolute atomic E-state index is 10.7. The van der Waals surface area contributed by atoms with Gasteiger partial charge in [-0.1, -0.05) is 25.8 Å². The highest BCUT2D eigenvalue weighted by Crippen LogP contribution is 2.54. The van der Waals surface area contributed by atoms with Crippen molar-refractivity contribution in [3.8, 4) is 11.5 Å². The Morgan fingerprint density at radius 2 is 2.09 bits per heavy atom. The number of aryl methyl sites for hydroxylation is 1. The fraction of sp³-hybridized carbons (Fsp3) is 0.600. The number of hydrogen-bond donors (Lipinski definition) is 1. The van der Waals surface area contributed by atoms with Crippen molar-refractivity contribution in [3.05, 3.63) is 32.9 Å². The minimum Gasteiger partial charge on any atom is -0.508 e. The first-order chi connectivity index (χ1) is 10.9. The van der Waals surface area contributed by atoms with Crippen LogP contribution in [0.3, 0.4) is 0 Å². The summed E-state index contributed by atoms with van der Waals surface area (Å²) in [6, 6.07) is 4.15. The third-order valence-electron chi connectivity index (χ3n) is 5.38. The lowest BCUT2D eigenvalue weighted by Crippen LogP contribution is -2.45. The van der Waals surface area contributed by atoms with Crippen LogP contribution in [0.2, 0.25) is 0 Å².